The van der Waals surface area contributed by atoms with Gasteiger partial charge < -0.3 is 20.4 Å². The average molecular weight is 875 g/mol. The zero-order valence-corrected chi connectivity index (χ0v) is 36.1. The standard InChI is InChI=1S/C19H25N5O4S2.C18H25N5O3S2/c1-13-6-7-15(16(10-13)24-8-4-3-5-9-24)21-18(26)22-19-20-14(12-29-19)11-17(25)23-30(2,27)28;1-13-6-7-15(16(10-13)23-8-4-3-5-9-23)21-17(24)22-18-20-14(12-27-18)11-19-28(2,25)26/h6-7,10,12H,3-5,8-9,11H2,1-2H3,(H,23,25)(H2,20,21,22,26);6-7,10,12,19H,3-5,8-9,11H2,1-2H3,(H2,20,21,22,24). The molecular formula is C37H50N10O7S4. The lowest BCUT2D eigenvalue weighted by Crippen LogP contribution is -2.31. The SMILES string of the molecule is Cc1ccc(NC(=O)Nc2nc(CC(=O)NS(C)(=O)=O)cs2)c(N2CCCCC2)c1.Cc1ccc(NC(=O)Nc2nc(CNS(C)(=O)=O)cs2)c(N2CCCCC2)c1. The second-order valence-electron chi connectivity index (χ2n) is 14.2. The first-order chi connectivity index (χ1) is 27.5. The number of urea groups is 2. The van der Waals surface area contributed by atoms with Crippen molar-refractivity contribution in [3.63, 3.8) is 0 Å². The van der Waals surface area contributed by atoms with Crippen LogP contribution in [0.4, 0.5) is 42.6 Å². The van der Waals surface area contributed by atoms with Crippen molar-refractivity contribution in [2.24, 2.45) is 0 Å². The first kappa shape index (κ1) is 44.3. The normalized spacial score (nSPS) is 14.5. The molecule has 2 aliphatic rings. The van der Waals surface area contributed by atoms with E-state index in [1.807, 2.05) is 42.8 Å². The third-order valence-electron chi connectivity index (χ3n) is 8.90. The van der Waals surface area contributed by atoms with Crippen LogP contribution in [0, 0.1) is 13.8 Å². The van der Waals surface area contributed by atoms with Crippen molar-refractivity contribution >= 4 is 93.7 Å². The molecule has 314 valence electrons. The molecule has 0 unspecified atom stereocenters. The molecule has 2 aromatic carbocycles. The van der Waals surface area contributed by atoms with Crippen LogP contribution >= 0.6 is 22.7 Å². The maximum Gasteiger partial charge on any atom is 0.325 e. The van der Waals surface area contributed by atoms with E-state index in [0.717, 1.165) is 110 Å². The summed E-state index contributed by atoms with van der Waals surface area (Å²) >= 11 is 2.41. The first-order valence-electron chi connectivity index (χ1n) is 18.7. The van der Waals surface area contributed by atoms with E-state index in [4.69, 9.17) is 0 Å². The number of amides is 5. The van der Waals surface area contributed by atoms with Gasteiger partial charge in [0.15, 0.2) is 10.3 Å². The molecular weight excluding hydrogens is 825 g/mol. The summed E-state index contributed by atoms with van der Waals surface area (Å²) < 4.78 is 48.8. The number of aromatic nitrogens is 2. The fraction of sp³-hybridized carbons (Fsp3) is 0.432. The number of sulfonamides is 2. The van der Waals surface area contributed by atoms with Gasteiger partial charge in [-0.15, -0.1) is 22.7 Å². The number of hydrogen-bond donors (Lipinski definition) is 6. The monoisotopic (exact) mass is 874 g/mol. The van der Waals surface area contributed by atoms with Crippen molar-refractivity contribution in [1.29, 1.82) is 0 Å². The summed E-state index contributed by atoms with van der Waals surface area (Å²) in [4.78, 5) is 49.6. The fourth-order valence-electron chi connectivity index (χ4n) is 6.29. The van der Waals surface area contributed by atoms with Crippen molar-refractivity contribution in [3.05, 3.63) is 69.7 Å². The molecule has 2 fully saturated rings. The maximum atomic E-state index is 12.5. The quantitative estimate of drug-likeness (QED) is 0.0992. The molecule has 58 heavy (non-hydrogen) atoms. The molecule has 2 saturated heterocycles. The smallest absolute Gasteiger partial charge is 0.325 e. The number of piperidine rings is 2. The zero-order chi connectivity index (χ0) is 41.9. The number of hydrogen-bond acceptors (Lipinski definition) is 13. The molecule has 6 N–H and O–H groups in total. The number of nitrogens with zero attached hydrogens (tertiary/aromatic N) is 4. The van der Waals surface area contributed by atoms with E-state index in [-0.39, 0.29) is 19.0 Å². The number of rotatable bonds is 12. The second-order valence-corrected chi connectivity index (χ2v) is 19.4. The Morgan fingerprint density at radius 3 is 1.53 bits per heavy atom. The Morgan fingerprint density at radius 2 is 1.09 bits per heavy atom. The fourth-order valence-corrected chi connectivity index (χ4v) is 8.60. The Morgan fingerprint density at radius 1 is 0.638 bits per heavy atom. The molecule has 5 amide bonds. The van der Waals surface area contributed by atoms with Gasteiger partial charge in [-0.3, -0.25) is 20.2 Å². The van der Waals surface area contributed by atoms with E-state index in [9.17, 15) is 31.2 Å². The number of benzene rings is 2. The molecule has 0 radical (unpaired) electrons. The Labute approximate surface area is 347 Å². The average Bonchev–Trinajstić information content (AvgIpc) is 3.80. The zero-order valence-electron chi connectivity index (χ0n) is 32.9. The number of thiazole rings is 2. The van der Waals surface area contributed by atoms with Gasteiger partial charge in [-0.2, -0.15) is 0 Å². The Balaban J connectivity index is 0.000000221. The summed E-state index contributed by atoms with van der Waals surface area (Å²) in [6, 6.07) is 11.1. The van der Waals surface area contributed by atoms with Gasteiger partial charge >= 0.3 is 12.1 Å². The van der Waals surface area contributed by atoms with Crippen LogP contribution in [0.25, 0.3) is 0 Å². The van der Waals surface area contributed by atoms with Crippen LogP contribution in [-0.4, -0.2) is 83.5 Å². The van der Waals surface area contributed by atoms with E-state index in [0.29, 0.717) is 21.7 Å². The van der Waals surface area contributed by atoms with Crippen LogP contribution < -0.4 is 40.5 Å². The topological polar surface area (TPSA) is 224 Å². The first-order valence-corrected chi connectivity index (χ1v) is 24.2. The minimum atomic E-state index is -3.61. The predicted molar refractivity (Wildman–Crippen MR) is 232 cm³/mol. The van der Waals surface area contributed by atoms with E-state index in [1.165, 1.54) is 24.2 Å². The van der Waals surface area contributed by atoms with Gasteiger partial charge in [0.25, 0.3) is 0 Å². The van der Waals surface area contributed by atoms with Crippen LogP contribution in [0.3, 0.4) is 0 Å². The van der Waals surface area contributed by atoms with Crippen molar-refractivity contribution in [1.82, 2.24) is 19.4 Å². The van der Waals surface area contributed by atoms with Crippen molar-refractivity contribution in [2.45, 2.75) is 65.3 Å². The summed E-state index contributed by atoms with van der Waals surface area (Å²) in [5, 5.41) is 15.2. The predicted octanol–water partition coefficient (Wildman–Crippen LogP) is 5.84. The second kappa shape index (κ2) is 20.2. The maximum absolute atomic E-state index is 12.5. The minimum absolute atomic E-state index is 0.0930. The Hall–Kier alpha value is -4.83. The van der Waals surface area contributed by atoms with Gasteiger partial charge in [-0.1, -0.05) is 12.1 Å². The van der Waals surface area contributed by atoms with Crippen molar-refractivity contribution in [3.8, 4) is 0 Å². The highest BCUT2D eigenvalue weighted by Crippen LogP contribution is 2.31. The summed E-state index contributed by atoms with van der Waals surface area (Å²) in [5.74, 6) is -0.676. The lowest BCUT2D eigenvalue weighted by Gasteiger charge is -2.30. The number of carbonyl (C=O) groups is 3. The molecule has 4 heterocycles. The van der Waals surface area contributed by atoms with E-state index >= 15 is 0 Å². The molecule has 17 nitrogen and oxygen atoms in total. The molecule has 0 aliphatic carbocycles. The molecule has 2 aliphatic heterocycles. The van der Waals surface area contributed by atoms with E-state index in [2.05, 4.69) is 57.9 Å². The highest BCUT2D eigenvalue weighted by molar-refractivity contribution is 7.89. The van der Waals surface area contributed by atoms with Crippen LogP contribution in [0.1, 0.15) is 61.0 Å². The molecule has 2 aromatic heterocycles. The van der Waals surface area contributed by atoms with Crippen molar-refractivity contribution < 1.29 is 31.2 Å². The lowest BCUT2D eigenvalue weighted by atomic mass is 10.1. The van der Waals surface area contributed by atoms with Crippen LogP contribution in [0.5, 0.6) is 0 Å². The van der Waals surface area contributed by atoms with Crippen LogP contribution in [0.2, 0.25) is 0 Å². The summed E-state index contributed by atoms with van der Waals surface area (Å²) in [6.07, 6.45) is 8.85. The highest BCUT2D eigenvalue weighted by atomic mass is 32.2. The molecule has 0 bridgehead atoms. The number of nitrogens with one attached hydrogen (secondary N) is 6. The third-order valence-corrected chi connectivity index (χ3v) is 11.8. The van der Waals surface area contributed by atoms with Gasteiger partial charge in [0.05, 0.1) is 59.6 Å². The third kappa shape index (κ3) is 14.5. The molecule has 0 saturated carbocycles. The van der Waals surface area contributed by atoms with Crippen molar-refractivity contribution in [2.75, 3.05) is 69.8 Å². The van der Waals surface area contributed by atoms with Gasteiger partial charge in [0, 0.05) is 36.9 Å². The number of anilines is 6. The van der Waals surface area contributed by atoms with Gasteiger partial charge in [0.1, 0.15) is 0 Å². The molecule has 21 heteroatoms. The van der Waals surface area contributed by atoms with E-state index in [1.54, 1.807) is 10.8 Å². The molecule has 4 aromatic rings. The Bertz CT molecular complexity index is 2280. The molecule has 0 atom stereocenters. The van der Waals surface area contributed by atoms with E-state index < -0.39 is 32.0 Å². The Kier molecular flexibility index (Phi) is 15.4. The number of carbonyl (C=O) groups excluding carboxylic acids is 3. The van der Waals surface area contributed by atoms with Crippen LogP contribution in [0.15, 0.2) is 47.2 Å². The van der Waals surface area contributed by atoms with Gasteiger partial charge in [-0.25, -0.2) is 41.1 Å². The van der Waals surface area contributed by atoms with Gasteiger partial charge in [0.2, 0.25) is 26.0 Å². The summed E-state index contributed by atoms with van der Waals surface area (Å²) in [6.45, 7) is 8.06. The van der Waals surface area contributed by atoms with Gasteiger partial charge in [-0.05, 0) is 87.8 Å². The molecule has 0 spiro atoms. The minimum Gasteiger partial charge on any atom is -0.370 e. The number of aryl methyl sites for hydroxylation is 2. The molecule has 6 rings (SSSR count). The summed E-state index contributed by atoms with van der Waals surface area (Å²) in [5.41, 5.74) is 6.72. The lowest BCUT2D eigenvalue weighted by molar-refractivity contribution is -0.118. The van der Waals surface area contributed by atoms with Crippen LogP contribution in [-0.2, 0) is 37.8 Å². The summed E-state index contributed by atoms with van der Waals surface area (Å²) in [7, 11) is -6.90. The highest BCUT2D eigenvalue weighted by Gasteiger charge is 2.19. The largest absolute Gasteiger partial charge is 0.370 e.